The molecule has 0 saturated carbocycles. The van der Waals surface area contributed by atoms with Gasteiger partial charge in [0.15, 0.2) is 0 Å². The second-order valence-corrected chi connectivity index (χ2v) is 5.37. The Morgan fingerprint density at radius 3 is 2.00 bits per heavy atom. The minimum absolute atomic E-state index is 0.185. The molecule has 0 bridgehead atoms. The minimum atomic E-state index is -0.599. The number of hydrogen-bond acceptors (Lipinski definition) is 4. The highest BCUT2D eigenvalue weighted by atomic mass is 35.5. The van der Waals surface area contributed by atoms with Crippen molar-refractivity contribution in [1.82, 2.24) is 9.97 Å². The monoisotopic (exact) mass is 367 g/mol. The predicted molar refractivity (Wildman–Crippen MR) is 84.6 cm³/mol. The Bertz CT molecular complexity index is 680. The molecular weight excluding hydrogens is 360 g/mol. The zero-order valence-corrected chi connectivity index (χ0v) is 13.9. The van der Waals surface area contributed by atoms with E-state index < -0.39 is 4.92 Å². The van der Waals surface area contributed by atoms with Gasteiger partial charge < -0.3 is 0 Å². The molecule has 0 saturated heterocycles. The fourth-order valence-electron chi connectivity index (χ4n) is 1.17. The molecule has 9 heteroatoms. The summed E-state index contributed by atoms with van der Waals surface area (Å²) in [4.78, 5) is 17.1. The zero-order chi connectivity index (χ0) is 16.2. The molecule has 0 radical (unpaired) electrons. The van der Waals surface area contributed by atoms with Crippen LogP contribution in [-0.4, -0.2) is 14.9 Å². The lowest BCUT2D eigenvalue weighted by molar-refractivity contribution is -0.385. The van der Waals surface area contributed by atoms with Crippen LogP contribution in [0.25, 0.3) is 0 Å². The standard InChI is InChI=1S/C6H4Cl2N2O2.C6H5Cl2N/c1-3-2-4(10(11)12)6(8)9-5(3)7;1-4-2-3-5(7)9-6(4)8/h2H,1H3;2-3H,1H3. The molecule has 112 valence electrons. The van der Waals surface area contributed by atoms with E-state index >= 15 is 0 Å². The maximum Gasteiger partial charge on any atom is 0.306 e. The van der Waals surface area contributed by atoms with Crippen LogP contribution in [0.2, 0.25) is 20.6 Å². The highest BCUT2D eigenvalue weighted by molar-refractivity contribution is 6.34. The summed E-state index contributed by atoms with van der Waals surface area (Å²) in [6.45, 7) is 3.50. The number of rotatable bonds is 1. The third kappa shape index (κ3) is 5.28. The maximum atomic E-state index is 10.3. The Hall–Kier alpha value is -1.14. The highest BCUT2D eigenvalue weighted by Gasteiger charge is 2.15. The lowest BCUT2D eigenvalue weighted by Gasteiger charge is -1.97. The van der Waals surface area contributed by atoms with E-state index in [0.717, 1.165) is 5.56 Å². The molecule has 0 aromatic carbocycles. The summed E-state index contributed by atoms with van der Waals surface area (Å²) in [7, 11) is 0. The number of aromatic nitrogens is 2. The van der Waals surface area contributed by atoms with E-state index in [2.05, 4.69) is 9.97 Å². The number of nitro groups is 1. The van der Waals surface area contributed by atoms with E-state index in [0.29, 0.717) is 15.9 Å². The van der Waals surface area contributed by atoms with E-state index in [9.17, 15) is 10.1 Å². The van der Waals surface area contributed by atoms with Gasteiger partial charge in [0.25, 0.3) is 0 Å². The molecule has 0 aliphatic rings. The van der Waals surface area contributed by atoms with Crippen LogP contribution in [0.1, 0.15) is 11.1 Å². The van der Waals surface area contributed by atoms with Gasteiger partial charge in [-0.2, -0.15) is 0 Å². The van der Waals surface area contributed by atoms with Gasteiger partial charge in [-0.05, 0) is 31.0 Å². The van der Waals surface area contributed by atoms with Crippen molar-refractivity contribution in [2.24, 2.45) is 0 Å². The van der Waals surface area contributed by atoms with Crippen molar-refractivity contribution in [3.05, 3.63) is 60.1 Å². The Morgan fingerprint density at radius 2 is 1.52 bits per heavy atom. The van der Waals surface area contributed by atoms with Crippen molar-refractivity contribution < 1.29 is 4.92 Å². The van der Waals surface area contributed by atoms with E-state index in [-0.39, 0.29) is 16.0 Å². The van der Waals surface area contributed by atoms with Gasteiger partial charge >= 0.3 is 5.69 Å². The molecule has 2 aromatic rings. The molecule has 2 heterocycles. The molecular formula is C12H9Cl4N3O2. The molecule has 0 aliphatic heterocycles. The quantitative estimate of drug-likeness (QED) is 0.389. The lowest BCUT2D eigenvalue weighted by atomic mass is 10.3. The number of nitrogens with zero attached hydrogens (tertiary/aromatic N) is 3. The summed E-state index contributed by atoms with van der Waals surface area (Å²) in [5.74, 6) is 0. The first-order valence-electron chi connectivity index (χ1n) is 5.48. The van der Waals surface area contributed by atoms with Gasteiger partial charge in [-0.25, -0.2) is 9.97 Å². The lowest BCUT2D eigenvalue weighted by Crippen LogP contribution is -1.93. The Morgan fingerprint density at radius 1 is 0.952 bits per heavy atom. The molecule has 2 rings (SSSR count). The van der Waals surface area contributed by atoms with Crippen molar-refractivity contribution in [2.45, 2.75) is 13.8 Å². The van der Waals surface area contributed by atoms with Crippen molar-refractivity contribution >= 4 is 52.1 Å². The largest absolute Gasteiger partial charge is 0.306 e. The summed E-state index contributed by atoms with van der Waals surface area (Å²) in [6, 6.07) is 4.83. The summed E-state index contributed by atoms with van der Waals surface area (Å²) in [5, 5.41) is 11.2. The molecule has 21 heavy (non-hydrogen) atoms. The average molecular weight is 369 g/mol. The van der Waals surface area contributed by atoms with Crippen LogP contribution in [0.4, 0.5) is 5.69 Å². The van der Waals surface area contributed by atoms with E-state index in [4.69, 9.17) is 46.4 Å². The van der Waals surface area contributed by atoms with Crippen LogP contribution in [-0.2, 0) is 0 Å². The Labute approximate surface area is 141 Å². The van der Waals surface area contributed by atoms with Crippen LogP contribution in [0.3, 0.4) is 0 Å². The maximum absolute atomic E-state index is 10.3. The van der Waals surface area contributed by atoms with Gasteiger partial charge in [0.1, 0.15) is 15.5 Å². The van der Waals surface area contributed by atoms with Crippen LogP contribution in [0.5, 0.6) is 0 Å². The normalized spacial score (nSPS) is 9.81. The topological polar surface area (TPSA) is 68.9 Å². The van der Waals surface area contributed by atoms with Crippen molar-refractivity contribution in [1.29, 1.82) is 0 Å². The number of aryl methyl sites for hydroxylation is 2. The first-order chi connectivity index (χ1) is 9.72. The van der Waals surface area contributed by atoms with Crippen molar-refractivity contribution in [2.75, 3.05) is 0 Å². The van der Waals surface area contributed by atoms with Crippen LogP contribution < -0.4 is 0 Å². The predicted octanol–water partition coefficient (Wildman–Crippen LogP) is 5.30. The molecule has 0 fully saturated rings. The van der Waals surface area contributed by atoms with E-state index in [1.165, 1.54) is 6.07 Å². The molecule has 0 unspecified atom stereocenters. The highest BCUT2D eigenvalue weighted by Crippen LogP contribution is 2.26. The fourth-order valence-corrected chi connectivity index (χ4v) is 1.90. The number of hydrogen-bond donors (Lipinski definition) is 0. The summed E-state index contributed by atoms with van der Waals surface area (Å²) >= 11 is 22.2. The smallest absolute Gasteiger partial charge is 0.258 e. The zero-order valence-electron chi connectivity index (χ0n) is 10.9. The van der Waals surface area contributed by atoms with Gasteiger partial charge in [0.2, 0.25) is 5.15 Å². The van der Waals surface area contributed by atoms with E-state index in [1.54, 1.807) is 13.0 Å². The van der Waals surface area contributed by atoms with E-state index in [1.807, 2.05) is 13.0 Å². The first kappa shape index (κ1) is 17.9. The fraction of sp³-hybridized carbons (Fsp3) is 0.167. The average Bonchev–Trinajstić information content (AvgIpc) is 2.39. The minimum Gasteiger partial charge on any atom is -0.258 e. The van der Waals surface area contributed by atoms with Gasteiger partial charge in [0, 0.05) is 6.07 Å². The van der Waals surface area contributed by atoms with Gasteiger partial charge in [-0.3, -0.25) is 10.1 Å². The second kappa shape index (κ2) is 7.75. The van der Waals surface area contributed by atoms with Crippen LogP contribution in [0.15, 0.2) is 18.2 Å². The third-order valence-corrected chi connectivity index (χ3v) is 3.54. The molecule has 0 aliphatic carbocycles. The first-order valence-corrected chi connectivity index (χ1v) is 6.99. The van der Waals surface area contributed by atoms with Gasteiger partial charge in [0.05, 0.1) is 4.92 Å². The molecule has 0 N–H and O–H groups in total. The Kier molecular flexibility index (Phi) is 6.61. The second-order valence-electron chi connectivity index (χ2n) is 3.90. The molecule has 0 amide bonds. The molecule has 0 atom stereocenters. The SMILES string of the molecule is Cc1cc([N+](=O)[O-])c(Cl)nc1Cl.Cc1ccc(Cl)nc1Cl. The van der Waals surface area contributed by atoms with Crippen LogP contribution in [0, 0.1) is 24.0 Å². The number of pyridine rings is 2. The number of halogens is 4. The van der Waals surface area contributed by atoms with Crippen LogP contribution >= 0.6 is 46.4 Å². The molecule has 0 spiro atoms. The van der Waals surface area contributed by atoms with Crippen molar-refractivity contribution in [3.63, 3.8) is 0 Å². The Balaban J connectivity index is 0.000000219. The van der Waals surface area contributed by atoms with Gasteiger partial charge in [-0.15, -0.1) is 0 Å². The van der Waals surface area contributed by atoms with Crippen molar-refractivity contribution in [3.8, 4) is 0 Å². The summed E-state index contributed by atoms with van der Waals surface area (Å²) in [5.41, 5.74) is 1.26. The third-order valence-electron chi connectivity index (χ3n) is 2.28. The summed E-state index contributed by atoms with van der Waals surface area (Å²) < 4.78 is 0. The molecule has 5 nitrogen and oxygen atoms in total. The summed E-state index contributed by atoms with van der Waals surface area (Å²) in [6.07, 6.45) is 0. The molecule has 2 aromatic heterocycles. The van der Waals surface area contributed by atoms with Gasteiger partial charge in [-0.1, -0.05) is 52.5 Å².